The molecule has 7 rings (SSSR count). The number of aliphatic hydroxyl groups is 1. The van der Waals surface area contributed by atoms with Crippen molar-refractivity contribution in [2.24, 2.45) is 5.73 Å². The lowest BCUT2D eigenvalue weighted by atomic mass is 10.00. The number of hydrogen-bond acceptors (Lipinski definition) is 5. The molecular formula is C51H50N6O2. The van der Waals surface area contributed by atoms with Gasteiger partial charge in [0.15, 0.2) is 5.78 Å². The van der Waals surface area contributed by atoms with Crippen LogP contribution in [-0.2, 0) is 19.4 Å². The Morgan fingerprint density at radius 3 is 1.56 bits per heavy atom. The lowest BCUT2D eigenvalue weighted by Gasteiger charge is -2.14. The van der Waals surface area contributed by atoms with Crippen LogP contribution in [0.25, 0.3) is 32.1 Å². The van der Waals surface area contributed by atoms with Gasteiger partial charge >= 0.3 is 0 Å². The number of aliphatic hydroxyl groups excluding tert-OH is 1. The molecule has 0 bridgehead atoms. The van der Waals surface area contributed by atoms with Crippen molar-refractivity contribution < 1.29 is 9.90 Å². The second-order valence-corrected chi connectivity index (χ2v) is 12.7. The highest BCUT2D eigenvalue weighted by Gasteiger charge is 2.23. The summed E-state index contributed by atoms with van der Waals surface area (Å²) in [6.07, 6.45) is 0.759. The highest BCUT2D eigenvalue weighted by atomic mass is 16.3. The van der Waals surface area contributed by atoms with E-state index in [-0.39, 0.29) is 19.8 Å². The molecular weight excluding hydrogens is 729 g/mol. The van der Waals surface area contributed by atoms with Gasteiger partial charge < -0.3 is 26.0 Å². The van der Waals surface area contributed by atoms with Crippen molar-refractivity contribution in [2.45, 2.75) is 32.9 Å². The second kappa shape index (κ2) is 25.6. The minimum Gasteiger partial charge on any atom is -0.394 e. The fourth-order valence-corrected chi connectivity index (χ4v) is 6.02. The van der Waals surface area contributed by atoms with Crippen LogP contribution in [0.15, 0.2) is 182 Å². The molecule has 296 valence electrons. The number of nitrogens with zero attached hydrogens (tertiary/aromatic N) is 4. The molecule has 0 saturated carbocycles. The molecule has 0 spiro atoms. The molecule has 8 nitrogen and oxygen atoms in total. The highest BCUT2D eigenvalue weighted by molar-refractivity contribution is 6.00. The van der Waals surface area contributed by atoms with Gasteiger partial charge in [-0.25, -0.2) is 11.4 Å². The fraction of sp³-hybridized carbons (Fsp3) is 0.137. The third-order valence-corrected chi connectivity index (χ3v) is 8.81. The summed E-state index contributed by atoms with van der Waals surface area (Å²) in [7, 11) is 0. The molecule has 8 heteroatoms. The largest absolute Gasteiger partial charge is 0.394 e. The number of nitrogens with two attached hydrogens (primary N) is 2. The molecule has 1 atom stereocenters. The zero-order valence-electron chi connectivity index (χ0n) is 32.2. The van der Waals surface area contributed by atoms with Gasteiger partial charge in [-0.1, -0.05) is 189 Å². The van der Waals surface area contributed by atoms with Gasteiger partial charge in [0.1, 0.15) is 18.0 Å². The summed E-state index contributed by atoms with van der Waals surface area (Å²) in [6, 6.07) is 60.3. The van der Waals surface area contributed by atoms with Crippen molar-refractivity contribution in [3.63, 3.8) is 0 Å². The van der Waals surface area contributed by atoms with E-state index in [2.05, 4.69) is 50.7 Å². The zero-order chi connectivity index (χ0) is 41.4. The summed E-state index contributed by atoms with van der Waals surface area (Å²) in [5.41, 5.74) is 20.1. The van der Waals surface area contributed by atoms with Crippen LogP contribution in [0.2, 0.25) is 0 Å². The molecule has 7 aromatic rings. The molecule has 0 aliphatic heterocycles. The minimum atomic E-state index is -1.08. The van der Waals surface area contributed by atoms with Crippen molar-refractivity contribution in [3.8, 4) is 28.5 Å². The van der Waals surface area contributed by atoms with Gasteiger partial charge in [0, 0.05) is 23.4 Å². The van der Waals surface area contributed by atoms with Crippen LogP contribution < -0.4 is 11.5 Å². The topological polar surface area (TPSA) is 127 Å². The number of aromatic nitrogens is 1. The number of rotatable bonds is 10. The average molecular weight is 779 g/mol. The van der Waals surface area contributed by atoms with Gasteiger partial charge in [-0.05, 0) is 47.2 Å². The van der Waals surface area contributed by atoms with Crippen LogP contribution in [0.4, 0.5) is 11.5 Å². The summed E-state index contributed by atoms with van der Waals surface area (Å²) in [6.45, 7) is 15.2. The Morgan fingerprint density at radius 2 is 1.12 bits per heavy atom. The van der Waals surface area contributed by atoms with Crippen molar-refractivity contribution in [1.82, 2.24) is 4.57 Å². The van der Waals surface area contributed by atoms with Gasteiger partial charge in [0.2, 0.25) is 5.69 Å². The highest BCUT2D eigenvalue weighted by Crippen LogP contribution is 2.46. The van der Waals surface area contributed by atoms with Gasteiger partial charge in [0.25, 0.3) is 6.54 Å². The molecule has 0 fully saturated rings. The normalized spacial score (nSPS) is 10.1. The van der Waals surface area contributed by atoms with E-state index in [1.165, 1.54) is 11.1 Å². The third-order valence-electron chi connectivity index (χ3n) is 8.81. The Morgan fingerprint density at radius 1 is 0.678 bits per heavy atom. The van der Waals surface area contributed by atoms with E-state index in [0.29, 0.717) is 22.6 Å². The SMILES string of the molecule is C.NCCc1ccccc1.O=C(c1ccccc1)C(O)c1ccccc1.[C-]#[N+]CC#N.[C-]#[N+]c1c(-c2ccccc2)c(-c2ccccc2)n(CCc2ccccc2)c1N. The molecule has 0 aliphatic rings. The van der Waals surface area contributed by atoms with Crippen LogP contribution >= 0.6 is 0 Å². The third kappa shape index (κ3) is 13.9. The van der Waals surface area contributed by atoms with Gasteiger partial charge in [-0.2, -0.15) is 5.26 Å². The number of benzene rings is 6. The van der Waals surface area contributed by atoms with Crippen molar-refractivity contribution >= 4 is 17.3 Å². The summed E-state index contributed by atoms with van der Waals surface area (Å²) >= 11 is 0. The monoisotopic (exact) mass is 778 g/mol. The molecule has 0 aliphatic carbocycles. The molecule has 1 heterocycles. The number of carbonyl (C=O) groups is 1. The van der Waals surface area contributed by atoms with Crippen molar-refractivity contribution in [1.29, 1.82) is 5.26 Å². The Hall–Kier alpha value is -7.54. The number of nitrogen functional groups attached to an aromatic ring is 1. The first-order valence-corrected chi connectivity index (χ1v) is 18.7. The quantitative estimate of drug-likeness (QED) is 0.0724. The number of Topliss-reactive ketones (excluding diaryl/α,β-unsaturated/α-hetero) is 1. The number of carbonyl (C=O) groups excluding carboxylic acids is 1. The van der Waals surface area contributed by atoms with Crippen molar-refractivity contribution in [2.75, 3.05) is 18.8 Å². The number of nitriles is 1. The maximum atomic E-state index is 11.9. The van der Waals surface area contributed by atoms with E-state index in [1.807, 2.05) is 97.1 Å². The fourth-order valence-electron chi connectivity index (χ4n) is 6.02. The predicted molar refractivity (Wildman–Crippen MR) is 241 cm³/mol. The summed E-state index contributed by atoms with van der Waals surface area (Å²) < 4.78 is 2.10. The molecule has 0 radical (unpaired) electrons. The maximum Gasteiger partial charge on any atom is 0.298 e. The number of anilines is 1. The predicted octanol–water partition coefficient (Wildman–Crippen LogP) is 11.1. The van der Waals surface area contributed by atoms with E-state index in [9.17, 15) is 9.90 Å². The van der Waals surface area contributed by atoms with Gasteiger partial charge in [-0.15, -0.1) is 0 Å². The first kappa shape index (κ1) is 45.8. The van der Waals surface area contributed by atoms with Crippen LogP contribution in [0.1, 0.15) is 40.6 Å². The number of hydrogen-bond donors (Lipinski definition) is 3. The Bertz CT molecular complexity index is 2370. The van der Waals surface area contributed by atoms with E-state index in [1.54, 1.807) is 54.6 Å². The smallest absolute Gasteiger partial charge is 0.298 e. The maximum absolute atomic E-state index is 11.9. The molecule has 1 unspecified atom stereocenters. The molecule has 5 N–H and O–H groups in total. The van der Waals surface area contributed by atoms with E-state index < -0.39 is 6.10 Å². The van der Waals surface area contributed by atoms with E-state index >= 15 is 0 Å². The lowest BCUT2D eigenvalue weighted by molar-refractivity contribution is 0.0747. The molecule has 0 saturated heterocycles. The van der Waals surface area contributed by atoms with Crippen LogP contribution in [0.5, 0.6) is 0 Å². The number of ketones is 1. The number of aryl methyl sites for hydroxylation is 1. The Kier molecular flexibility index (Phi) is 19.9. The van der Waals surface area contributed by atoms with Crippen LogP contribution in [-0.4, -0.2) is 28.5 Å². The van der Waals surface area contributed by atoms with Crippen LogP contribution in [0, 0.1) is 24.5 Å². The minimum absolute atomic E-state index is 0. The Balaban J connectivity index is 0.000000252. The zero-order valence-corrected chi connectivity index (χ0v) is 32.2. The van der Waals surface area contributed by atoms with E-state index in [4.69, 9.17) is 29.9 Å². The molecule has 0 amide bonds. The molecule has 1 aromatic heterocycles. The summed E-state index contributed by atoms with van der Waals surface area (Å²) in [5, 5.41) is 17.5. The first-order chi connectivity index (χ1) is 28.4. The van der Waals surface area contributed by atoms with E-state index in [0.717, 1.165) is 48.3 Å². The first-order valence-electron chi connectivity index (χ1n) is 18.7. The standard InChI is InChI=1S/C25H21N3.C14H12O2.C8H11N.C3H2N2.CH4/c1-27-23-22(20-13-7-3-8-14-20)24(21-15-9-4-10-16-21)28(25(23)26)18-17-19-11-5-2-6-12-19;15-13(11-7-3-1-4-8-11)14(16)12-9-5-2-6-10-12;9-7-6-8-4-2-1-3-5-8;1-5-3-2-4;/h2-16H,17-18,26H2;1-10,13,15H;1-5H,6-7,9H2;3H2;1H4. The second-order valence-electron chi connectivity index (χ2n) is 12.7. The summed E-state index contributed by atoms with van der Waals surface area (Å²) in [4.78, 5) is 18.5. The molecule has 59 heavy (non-hydrogen) atoms. The van der Waals surface area contributed by atoms with Crippen molar-refractivity contribution in [3.05, 3.63) is 227 Å². The Labute approximate surface area is 348 Å². The lowest BCUT2D eigenvalue weighted by Crippen LogP contribution is -2.11. The summed E-state index contributed by atoms with van der Waals surface area (Å²) in [5.74, 6) is 0.260. The molecule has 6 aromatic carbocycles. The van der Waals surface area contributed by atoms with Gasteiger partial charge in [-0.3, -0.25) is 4.79 Å². The van der Waals surface area contributed by atoms with Crippen LogP contribution in [0.3, 0.4) is 0 Å². The average Bonchev–Trinajstić information content (AvgIpc) is 3.58. The van der Waals surface area contributed by atoms with Gasteiger partial charge in [0.05, 0.1) is 6.57 Å².